The van der Waals surface area contributed by atoms with Gasteiger partial charge in [0.1, 0.15) is 0 Å². The summed E-state index contributed by atoms with van der Waals surface area (Å²) in [4.78, 5) is 20.5. The minimum Gasteiger partial charge on any atom is -0.459 e. The van der Waals surface area contributed by atoms with E-state index in [9.17, 15) is 4.79 Å². The lowest BCUT2D eigenvalue weighted by molar-refractivity contribution is 0.0657. The van der Waals surface area contributed by atoms with Crippen molar-refractivity contribution in [3.05, 3.63) is 24.2 Å². The molecule has 8 heteroatoms. The minimum absolute atomic E-state index is 0. The van der Waals surface area contributed by atoms with Gasteiger partial charge in [-0.15, -0.1) is 24.0 Å². The molecule has 0 aromatic carbocycles. The predicted molar refractivity (Wildman–Crippen MR) is 104 cm³/mol. The van der Waals surface area contributed by atoms with Gasteiger partial charge in [0.2, 0.25) is 0 Å². The molecule has 0 radical (unpaired) electrons. The van der Waals surface area contributed by atoms with E-state index < -0.39 is 0 Å². The second-order valence-electron chi connectivity index (χ2n) is 5.28. The topological polar surface area (TPSA) is 70.3 Å². The smallest absolute Gasteiger partial charge is 0.289 e. The van der Waals surface area contributed by atoms with E-state index in [1.165, 1.54) is 6.26 Å². The number of halogens is 1. The van der Waals surface area contributed by atoms with Gasteiger partial charge in [0.15, 0.2) is 11.7 Å². The van der Waals surface area contributed by atoms with Gasteiger partial charge in [0.05, 0.1) is 6.26 Å². The van der Waals surface area contributed by atoms with Gasteiger partial charge in [-0.25, -0.2) is 0 Å². The van der Waals surface area contributed by atoms with Crippen LogP contribution in [0.25, 0.3) is 0 Å². The SMILES string of the molecule is CCOCCCNC(=NC)N1CCN(C(=O)c2ccco2)CC1.I. The summed E-state index contributed by atoms with van der Waals surface area (Å²) in [6.07, 6.45) is 2.47. The van der Waals surface area contributed by atoms with E-state index in [1.807, 2.05) is 11.8 Å². The maximum Gasteiger partial charge on any atom is 0.289 e. The number of piperazine rings is 1. The lowest BCUT2D eigenvalue weighted by atomic mass is 10.3. The number of aliphatic imine (C=N–C) groups is 1. The maximum absolute atomic E-state index is 12.2. The number of guanidine groups is 1. The van der Waals surface area contributed by atoms with Crippen LogP contribution in [-0.2, 0) is 4.74 Å². The van der Waals surface area contributed by atoms with Gasteiger partial charge in [-0.2, -0.15) is 0 Å². The molecule has 0 atom stereocenters. The van der Waals surface area contributed by atoms with E-state index in [1.54, 1.807) is 19.2 Å². The summed E-state index contributed by atoms with van der Waals surface area (Å²) >= 11 is 0. The molecule has 1 amide bonds. The number of hydrogen-bond donors (Lipinski definition) is 1. The van der Waals surface area contributed by atoms with E-state index in [0.29, 0.717) is 18.8 Å². The monoisotopic (exact) mass is 450 g/mol. The predicted octanol–water partition coefficient (Wildman–Crippen LogP) is 1.66. The number of hydrogen-bond acceptors (Lipinski definition) is 4. The number of rotatable bonds is 6. The highest BCUT2D eigenvalue weighted by molar-refractivity contribution is 14.0. The Labute approximate surface area is 160 Å². The molecule has 7 nitrogen and oxygen atoms in total. The van der Waals surface area contributed by atoms with Gasteiger partial charge >= 0.3 is 0 Å². The molecule has 0 bridgehead atoms. The number of nitrogens with one attached hydrogen (secondary N) is 1. The van der Waals surface area contributed by atoms with Gasteiger partial charge in [0.25, 0.3) is 5.91 Å². The van der Waals surface area contributed by atoms with E-state index in [-0.39, 0.29) is 29.9 Å². The summed E-state index contributed by atoms with van der Waals surface area (Å²) in [5.41, 5.74) is 0. The van der Waals surface area contributed by atoms with Crippen LogP contribution in [0.15, 0.2) is 27.8 Å². The van der Waals surface area contributed by atoms with Crippen molar-refractivity contribution in [1.29, 1.82) is 0 Å². The molecule has 24 heavy (non-hydrogen) atoms. The van der Waals surface area contributed by atoms with Crippen LogP contribution in [0.2, 0.25) is 0 Å². The Morgan fingerprint density at radius 1 is 1.33 bits per heavy atom. The van der Waals surface area contributed by atoms with Crippen molar-refractivity contribution >= 4 is 35.8 Å². The van der Waals surface area contributed by atoms with Crippen LogP contribution in [-0.4, -0.2) is 74.7 Å². The molecule has 1 aromatic heterocycles. The van der Waals surface area contributed by atoms with Gasteiger partial charge in [-0.1, -0.05) is 0 Å². The molecule has 1 saturated heterocycles. The zero-order valence-corrected chi connectivity index (χ0v) is 16.7. The molecule has 1 aromatic rings. The summed E-state index contributed by atoms with van der Waals surface area (Å²) in [6, 6.07) is 3.44. The Morgan fingerprint density at radius 2 is 2.04 bits per heavy atom. The van der Waals surface area contributed by atoms with E-state index in [4.69, 9.17) is 9.15 Å². The first-order valence-electron chi connectivity index (χ1n) is 8.12. The first kappa shape index (κ1) is 20.8. The molecule has 0 saturated carbocycles. The first-order valence-corrected chi connectivity index (χ1v) is 8.12. The van der Waals surface area contributed by atoms with Crippen LogP contribution in [0.5, 0.6) is 0 Å². The summed E-state index contributed by atoms with van der Waals surface area (Å²) in [7, 11) is 1.78. The lowest BCUT2D eigenvalue weighted by Gasteiger charge is -2.36. The highest BCUT2D eigenvalue weighted by Gasteiger charge is 2.24. The fraction of sp³-hybridized carbons (Fsp3) is 0.625. The second kappa shape index (κ2) is 11.3. The summed E-state index contributed by atoms with van der Waals surface area (Å²) < 4.78 is 10.5. The van der Waals surface area contributed by atoms with Crippen LogP contribution in [0.1, 0.15) is 23.9 Å². The molecule has 136 valence electrons. The first-order chi connectivity index (χ1) is 11.3. The maximum atomic E-state index is 12.2. The molecular weight excluding hydrogens is 423 g/mol. The van der Waals surface area contributed by atoms with Crippen LogP contribution in [0.4, 0.5) is 0 Å². The van der Waals surface area contributed by atoms with E-state index >= 15 is 0 Å². The Hall–Kier alpha value is -1.29. The molecule has 0 aliphatic carbocycles. The molecule has 2 rings (SSSR count). The largest absolute Gasteiger partial charge is 0.459 e. The fourth-order valence-corrected chi connectivity index (χ4v) is 2.53. The van der Waals surface area contributed by atoms with Gasteiger partial charge in [-0.05, 0) is 25.5 Å². The summed E-state index contributed by atoms with van der Waals surface area (Å²) in [6.45, 7) is 7.19. The normalized spacial score (nSPS) is 15.2. The number of amides is 1. The fourth-order valence-electron chi connectivity index (χ4n) is 2.53. The Morgan fingerprint density at radius 3 is 2.62 bits per heavy atom. The molecule has 1 fully saturated rings. The van der Waals surface area contributed by atoms with Crippen LogP contribution >= 0.6 is 24.0 Å². The standard InChI is InChI=1S/C16H26N4O3.HI/c1-3-22-12-5-7-18-16(17-2)20-10-8-19(9-11-20)15(21)14-6-4-13-23-14;/h4,6,13H,3,5,7-12H2,1-2H3,(H,17,18);1H. The third-order valence-electron chi connectivity index (χ3n) is 3.76. The molecule has 0 unspecified atom stereocenters. The van der Waals surface area contributed by atoms with Crippen LogP contribution in [0.3, 0.4) is 0 Å². The van der Waals surface area contributed by atoms with Crippen molar-refractivity contribution in [3.63, 3.8) is 0 Å². The summed E-state index contributed by atoms with van der Waals surface area (Å²) in [5.74, 6) is 1.23. The highest BCUT2D eigenvalue weighted by atomic mass is 127. The average molecular weight is 450 g/mol. The lowest BCUT2D eigenvalue weighted by Crippen LogP contribution is -2.53. The molecular formula is C16H27IN4O3. The minimum atomic E-state index is -0.0469. The van der Waals surface area contributed by atoms with Crippen LogP contribution in [0, 0.1) is 0 Å². The molecule has 1 aliphatic heterocycles. The van der Waals surface area contributed by atoms with Crippen molar-refractivity contribution in [1.82, 2.24) is 15.1 Å². The molecule has 1 aliphatic rings. The number of carbonyl (C=O) groups excluding carboxylic acids is 1. The number of nitrogens with zero attached hydrogens (tertiary/aromatic N) is 3. The number of carbonyl (C=O) groups is 1. The second-order valence-corrected chi connectivity index (χ2v) is 5.28. The Kier molecular flexibility index (Phi) is 9.77. The Balaban J connectivity index is 0.00000288. The Bertz CT molecular complexity index is 499. The van der Waals surface area contributed by atoms with Crippen molar-refractivity contribution in [2.24, 2.45) is 4.99 Å². The average Bonchev–Trinajstić information content (AvgIpc) is 3.12. The van der Waals surface area contributed by atoms with Crippen molar-refractivity contribution in [2.75, 3.05) is 53.0 Å². The third-order valence-corrected chi connectivity index (χ3v) is 3.76. The van der Waals surface area contributed by atoms with E-state index in [0.717, 1.165) is 45.2 Å². The quantitative estimate of drug-likeness (QED) is 0.309. The number of furan rings is 1. The number of ether oxygens (including phenoxy) is 1. The summed E-state index contributed by atoms with van der Waals surface area (Å²) in [5, 5.41) is 3.34. The van der Waals surface area contributed by atoms with Gasteiger partial charge < -0.3 is 24.3 Å². The van der Waals surface area contributed by atoms with Crippen molar-refractivity contribution in [2.45, 2.75) is 13.3 Å². The van der Waals surface area contributed by atoms with Crippen molar-refractivity contribution in [3.8, 4) is 0 Å². The molecule has 2 heterocycles. The zero-order valence-electron chi connectivity index (χ0n) is 14.4. The van der Waals surface area contributed by atoms with Gasteiger partial charge in [0, 0.05) is 53.0 Å². The highest BCUT2D eigenvalue weighted by Crippen LogP contribution is 2.09. The van der Waals surface area contributed by atoms with Crippen molar-refractivity contribution < 1.29 is 13.9 Å². The zero-order chi connectivity index (χ0) is 16.5. The van der Waals surface area contributed by atoms with Gasteiger partial charge in [-0.3, -0.25) is 9.79 Å². The third kappa shape index (κ3) is 5.97. The van der Waals surface area contributed by atoms with E-state index in [2.05, 4.69) is 15.2 Å². The molecule has 0 spiro atoms. The van der Waals surface area contributed by atoms with Crippen LogP contribution < -0.4 is 5.32 Å². The molecule has 1 N–H and O–H groups in total.